The number of carbonyl (C=O) groups excluding carboxylic acids is 1. The second kappa shape index (κ2) is 9.95. The minimum atomic E-state index is -4.00. The topological polar surface area (TPSA) is 95.2 Å². The van der Waals surface area contributed by atoms with Gasteiger partial charge in [0.25, 0.3) is 0 Å². The summed E-state index contributed by atoms with van der Waals surface area (Å²) in [5, 5.41) is 8.70. The highest BCUT2D eigenvalue weighted by Gasteiger charge is 2.26. The largest absolute Gasteiger partial charge is 0.422 e. The molecule has 3 rings (SSSR count). The van der Waals surface area contributed by atoms with Crippen LogP contribution in [0.4, 0.5) is 4.79 Å². The molecule has 1 unspecified atom stereocenters. The average Bonchev–Trinajstić information content (AvgIpc) is 3.25. The van der Waals surface area contributed by atoms with Crippen molar-refractivity contribution < 1.29 is 17.4 Å². The molecule has 0 fully saturated rings. The van der Waals surface area contributed by atoms with Crippen LogP contribution in [0.25, 0.3) is 16.7 Å². The first-order valence-electron chi connectivity index (χ1n) is 10.7. The summed E-state index contributed by atoms with van der Waals surface area (Å²) in [6.45, 7) is 6.17. The maximum atomic E-state index is 12.3. The van der Waals surface area contributed by atoms with Crippen LogP contribution in [0.2, 0.25) is 5.02 Å². The first kappa shape index (κ1) is 24.1. The van der Waals surface area contributed by atoms with E-state index in [4.69, 9.17) is 11.6 Å². The van der Waals surface area contributed by atoms with Gasteiger partial charge in [0, 0.05) is 35.8 Å². The van der Waals surface area contributed by atoms with Gasteiger partial charge in [0.1, 0.15) is 5.82 Å². The molecule has 0 radical (unpaired) electrons. The van der Waals surface area contributed by atoms with Crippen LogP contribution in [-0.4, -0.2) is 41.2 Å². The van der Waals surface area contributed by atoms with Gasteiger partial charge in [-0.15, -0.1) is 0 Å². The Kier molecular flexibility index (Phi) is 7.51. The molecule has 8 nitrogen and oxygen atoms in total. The van der Waals surface area contributed by atoms with E-state index in [0.29, 0.717) is 30.8 Å². The van der Waals surface area contributed by atoms with E-state index in [1.165, 1.54) is 0 Å². The zero-order valence-corrected chi connectivity index (χ0v) is 20.3. The van der Waals surface area contributed by atoms with Gasteiger partial charge in [-0.1, -0.05) is 25.4 Å². The van der Waals surface area contributed by atoms with Gasteiger partial charge in [0.2, 0.25) is 0 Å². The third-order valence-corrected chi connectivity index (χ3v) is 6.83. The number of hydrogen-bond acceptors (Lipinski definition) is 5. The van der Waals surface area contributed by atoms with Crippen molar-refractivity contribution in [2.45, 2.75) is 46.0 Å². The van der Waals surface area contributed by atoms with Crippen molar-refractivity contribution in [3.63, 3.8) is 0 Å². The highest BCUT2D eigenvalue weighted by atomic mass is 35.5. The van der Waals surface area contributed by atoms with Crippen molar-refractivity contribution in [3.8, 4) is 5.82 Å². The summed E-state index contributed by atoms with van der Waals surface area (Å²) in [4.78, 5) is 11.7. The lowest BCUT2D eigenvalue weighted by Crippen LogP contribution is -2.28. The van der Waals surface area contributed by atoms with Crippen LogP contribution in [0.3, 0.4) is 0 Å². The SMILES string of the molecule is CCCNC(=O)OS(=O)(=O)CCC(CC)c1c(C)nn(C)c1-n1ccc2cc(Cl)ccc21. The van der Waals surface area contributed by atoms with E-state index in [0.717, 1.165) is 28.0 Å². The fourth-order valence-corrected chi connectivity index (χ4v) is 5.10. The average molecular weight is 481 g/mol. The highest BCUT2D eigenvalue weighted by molar-refractivity contribution is 7.87. The first-order chi connectivity index (χ1) is 15.2. The molecule has 2 aromatic heterocycles. The van der Waals surface area contributed by atoms with Crippen LogP contribution in [0.15, 0.2) is 30.5 Å². The maximum absolute atomic E-state index is 12.3. The van der Waals surface area contributed by atoms with Gasteiger partial charge < -0.3 is 14.1 Å². The van der Waals surface area contributed by atoms with Gasteiger partial charge >= 0.3 is 16.2 Å². The van der Waals surface area contributed by atoms with Crippen LogP contribution in [-0.2, 0) is 21.3 Å². The van der Waals surface area contributed by atoms with Crippen molar-refractivity contribution in [1.29, 1.82) is 0 Å². The molecule has 10 heteroatoms. The predicted octanol–water partition coefficient (Wildman–Crippen LogP) is 4.68. The number of amides is 1. The van der Waals surface area contributed by atoms with E-state index >= 15 is 0 Å². The van der Waals surface area contributed by atoms with E-state index < -0.39 is 16.2 Å². The fraction of sp³-hybridized carbons (Fsp3) is 0.455. The quantitative estimate of drug-likeness (QED) is 0.449. The van der Waals surface area contributed by atoms with E-state index in [1.54, 1.807) is 0 Å². The molecule has 0 aliphatic carbocycles. The van der Waals surface area contributed by atoms with Gasteiger partial charge in [0.15, 0.2) is 0 Å². The second-order valence-electron chi connectivity index (χ2n) is 7.79. The molecule has 3 aromatic rings. The summed E-state index contributed by atoms with van der Waals surface area (Å²) >= 11 is 6.14. The van der Waals surface area contributed by atoms with E-state index in [1.807, 2.05) is 67.5 Å². The third kappa shape index (κ3) is 5.27. The number of aryl methyl sites for hydroxylation is 2. The lowest BCUT2D eigenvalue weighted by molar-refractivity contribution is 0.202. The van der Waals surface area contributed by atoms with Crippen LogP contribution < -0.4 is 5.32 Å². The van der Waals surface area contributed by atoms with Crippen molar-refractivity contribution in [3.05, 3.63) is 46.7 Å². The standard InChI is InChI=1S/C22H29ClN4O4S/c1-5-11-24-22(28)31-32(29,30)13-10-16(6-2)20-15(3)25-26(4)21(20)27-12-9-17-14-18(23)7-8-19(17)27/h7-9,12,14,16H,5-6,10-11,13H2,1-4H3,(H,24,28). The smallest absolute Gasteiger partial charge is 0.328 e. The molecule has 2 heterocycles. The summed E-state index contributed by atoms with van der Waals surface area (Å²) in [6.07, 6.45) is 2.74. The molecule has 1 atom stereocenters. The summed E-state index contributed by atoms with van der Waals surface area (Å²) in [5.41, 5.74) is 2.80. The van der Waals surface area contributed by atoms with Gasteiger partial charge in [-0.2, -0.15) is 13.5 Å². The number of aromatic nitrogens is 3. The number of hydrogen-bond donors (Lipinski definition) is 1. The van der Waals surface area contributed by atoms with Crippen molar-refractivity contribution in [2.75, 3.05) is 12.3 Å². The third-order valence-electron chi connectivity index (χ3n) is 5.46. The lowest BCUT2D eigenvalue weighted by Gasteiger charge is -2.18. The Morgan fingerprint density at radius 3 is 2.72 bits per heavy atom. The van der Waals surface area contributed by atoms with Crippen LogP contribution >= 0.6 is 11.6 Å². The molecule has 1 N–H and O–H groups in total. The summed E-state index contributed by atoms with van der Waals surface area (Å²) < 4.78 is 33.2. The minimum absolute atomic E-state index is 0.0828. The molecular weight excluding hydrogens is 452 g/mol. The van der Waals surface area contributed by atoms with Crippen molar-refractivity contribution in [2.24, 2.45) is 7.05 Å². The predicted molar refractivity (Wildman–Crippen MR) is 126 cm³/mol. The van der Waals surface area contributed by atoms with Gasteiger partial charge in [-0.3, -0.25) is 4.68 Å². The van der Waals surface area contributed by atoms with Crippen LogP contribution in [0.1, 0.15) is 50.3 Å². The number of rotatable bonds is 9. The van der Waals surface area contributed by atoms with E-state index in [2.05, 4.69) is 14.6 Å². The van der Waals surface area contributed by atoms with Gasteiger partial charge in [-0.05, 0) is 56.4 Å². The molecule has 0 saturated carbocycles. The summed E-state index contributed by atoms with van der Waals surface area (Å²) in [7, 11) is -2.12. The Morgan fingerprint density at radius 2 is 2.03 bits per heavy atom. The summed E-state index contributed by atoms with van der Waals surface area (Å²) in [6, 6.07) is 7.69. The van der Waals surface area contributed by atoms with E-state index in [9.17, 15) is 13.2 Å². The monoisotopic (exact) mass is 480 g/mol. The molecule has 1 aromatic carbocycles. The van der Waals surface area contributed by atoms with Crippen LogP contribution in [0.5, 0.6) is 0 Å². The normalized spacial score (nSPS) is 12.8. The molecule has 0 aliphatic heterocycles. The highest BCUT2D eigenvalue weighted by Crippen LogP contribution is 2.34. The Balaban J connectivity index is 1.89. The first-order valence-corrected chi connectivity index (χ1v) is 12.6. The number of carbonyl (C=O) groups is 1. The molecular formula is C22H29ClN4O4S. The number of halogens is 1. The Hall–Kier alpha value is -2.52. The van der Waals surface area contributed by atoms with Crippen LogP contribution in [0, 0.1) is 6.92 Å². The van der Waals surface area contributed by atoms with E-state index in [-0.39, 0.29) is 11.7 Å². The molecule has 0 spiro atoms. The van der Waals surface area contributed by atoms with Gasteiger partial charge in [-0.25, -0.2) is 4.79 Å². The number of nitrogens with one attached hydrogen (secondary N) is 1. The zero-order chi connectivity index (χ0) is 23.5. The Bertz CT molecular complexity index is 1220. The molecule has 174 valence electrons. The lowest BCUT2D eigenvalue weighted by atomic mass is 9.93. The van der Waals surface area contributed by atoms with Gasteiger partial charge in [0.05, 0.1) is 17.0 Å². The molecule has 1 amide bonds. The number of fused-ring (bicyclic) bond motifs is 1. The van der Waals surface area contributed by atoms with Crippen molar-refractivity contribution in [1.82, 2.24) is 19.7 Å². The second-order valence-corrected chi connectivity index (χ2v) is 9.92. The molecule has 0 bridgehead atoms. The maximum Gasteiger partial charge on any atom is 0.422 e. The fourth-order valence-electron chi connectivity index (χ4n) is 3.98. The number of benzene rings is 1. The summed E-state index contributed by atoms with van der Waals surface area (Å²) in [5.74, 6) is 0.534. The molecule has 0 aliphatic rings. The molecule has 32 heavy (non-hydrogen) atoms. The zero-order valence-electron chi connectivity index (χ0n) is 18.8. The molecule has 0 saturated heterocycles. The Labute approximate surface area is 193 Å². The number of nitrogens with zero attached hydrogens (tertiary/aromatic N) is 3. The van der Waals surface area contributed by atoms with Crippen molar-refractivity contribution >= 4 is 38.7 Å². The minimum Gasteiger partial charge on any atom is -0.328 e. The Morgan fingerprint density at radius 1 is 1.28 bits per heavy atom.